The molecule has 0 aliphatic carbocycles. The van der Waals surface area contributed by atoms with Crippen LogP contribution in [0.3, 0.4) is 0 Å². The monoisotopic (exact) mass is 290 g/mol. The van der Waals surface area contributed by atoms with E-state index in [2.05, 4.69) is 30.2 Å². The summed E-state index contributed by atoms with van der Waals surface area (Å²) in [6.45, 7) is 0. The standard InChI is InChI=1S/C15H10N6O/c22-11-6-5-9-3-1-2-4-10(9)12(11)20-21-15-13-14(17-7-16-13)18-8-19-15/h1-8,22H,(H,16,17,18,19)/b21-20+. The molecule has 0 saturated carbocycles. The van der Waals surface area contributed by atoms with Gasteiger partial charge in [0, 0.05) is 5.39 Å². The fourth-order valence-electron chi connectivity index (χ4n) is 2.27. The van der Waals surface area contributed by atoms with Crippen LogP contribution in [0.1, 0.15) is 0 Å². The Morgan fingerprint density at radius 2 is 1.86 bits per heavy atom. The fourth-order valence-corrected chi connectivity index (χ4v) is 2.27. The molecule has 106 valence electrons. The topological polar surface area (TPSA) is 99.4 Å². The molecule has 7 nitrogen and oxygen atoms in total. The zero-order chi connectivity index (χ0) is 14.9. The van der Waals surface area contributed by atoms with Crippen molar-refractivity contribution in [1.82, 2.24) is 19.9 Å². The number of imidazole rings is 1. The molecule has 0 atom stereocenters. The van der Waals surface area contributed by atoms with Gasteiger partial charge in [0.2, 0.25) is 5.82 Å². The Bertz CT molecular complexity index is 1010. The number of rotatable bonds is 2. The van der Waals surface area contributed by atoms with E-state index in [0.29, 0.717) is 22.7 Å². The number of phenols is 1. The van der Waals surface area contributed by atoms with E-state index in [1.165, 1.54) is 12.7 Å². The minimum Gasteiger partial charge on any atom is -0.506 e. The number of nitrogens with zero attached hydrogens (tertiary/aromatic N) is 5. The van der Waals surface area contributed by atoms with Crippen LogP contribution in [0.4, 0.5) is 11.5 Å². The van der Waals surface area contributed by atoms with Crippen molar-refractivity contribution < 1.29 is 5.11 Å². The van der Waals surface area contributed by atoms with Crippen LogP contribution in [0, 0.1) is 0 Å². The van der Waals surface area contributed by atoms with Gasteiger partial charge in [-0.05, 0) is 11.5 Å². The maximum absolute atomic E-state index is 10.1. The third kappa shape index (κ3) is 1.96. The first-order chi connectivity index (χ1) is 10.8. The van der Waals surface area contributed by atoms with Gasteiger partial charge in [-0.1, -0.05) is 30.3 Å². The molecule has 4 aromatic rings. The van der Waals surface area contributed by atoms with Crippen molar-refractivity contribution in [2.24, 2.45) is 10.2 Å². The van der Waals surface area contributed by atoms with Crippen molar-refractivity contribution in [1.29, 1.82) is 0 Å². The summed E-state index contributed by atoms with van der Waals surface area (Å²) >= 11 is 0. The molecule has 2 N–H and O–H groups in total. The molecule has 0 saturated heterocycles. The first-order valence-electron chi connectivity index (χ1n) is 6.59. The van der Waals surface area contributed by atoms with Crippen LogP contribution in [-0.4, -0.2) is 25.0 Å². The molecular formula is C15H10N6O. The molecule has 22 heavy (non-hydrogen) atoms. The summed E-state index contributed by atoms with van der Waals surface area (Å²) in [6, 6.07) is 11.1. The van der Waals surface area contributed by atoms with E-state index in [1.54, 1.807) is 6.07 Å². The van der Waals surface area contributed by atoms with Crippen molar-refractivity contribution in [3.05, 3.63) is 49.1 Å². The lowest BCUT2D eigenvalue weighted by atomic mass is 10.1. The highest BCUT2D eigenvalue weighted by molar-refractivity contribution is 5.95. The van der Waals surface area contributed by atoms with E-state index < -0.39 is 0 Å². The molecule has 2 aromatic heterocycles. The average Bonchev–Trinajstić information content (AvgIpc) is 3.03. The number of nitrogens with one attached hydrogen (secondary N) is 1. The number of azo groups is 1. The molecule has 2 heterocycles. The van der Waals surface area contributed by atoms with Gasteiger partial charge in [-0.25, -0.2) is 15.0 Å². The van der Waals surface area contributed by atoms with Crippen LogP contribution >= 0.6 is 0 Å². The maximum atomic E-state index is 10.1. The molecule has 2 aromatic carbocycles. The van der Waals surface area contributed by atoms with E-state index in [-0.39, 0.29) is 5.75 Å². The van der Waals surface area contributed by atoms with Crippen molar-refractivity contribution >= 4 is 33.4 Å². The normalized spacial score (nSPS) is 11.6. The lowest BCUT2D eigenvalue weighted by molar-refractivity contribution is 0.477. The highest BCUT2D eigenvalue weighted by atomic mass is 16.3. The predicted molar refractivity (Wildman–Crippen MR) is 81.5 cm³/mol. The van der Waals surface area contributed by atoms with E-state index in [4.69, 9.17) is 0 Å². The maximum Gasteiger partial charge on any atom is 0.205 e. The second kappa shape index (κ2) is 4.88. The number of H-pyrrole nitrogens is 1. The largest absolute Gasteiger partial charge is 0.506 e. The van der Waals surface area contributed by atoms with Crippen LogP contribution in [0.2, 0.25) is 0 Å². The second-order valence-corrected chi connectivity index (χ2v) is 4.65. The van der Waals surface area contributed by atoms with Gasteiger partial charge < -0.3 is 10.1 Å². The van der Waals surface area contributed by atoms with Gasteiger partial charge in [0.1, 0.15) is 17.8 Å². The van der Waals surface area contributed by atoms with Crippen molar-refractivity contribution in [2.45, 2.75) is 0 Å². The van der Waals surface area contributed by atoms with Gasteiger partial charge in [0.25, 0.3) is 0 Å². The third-order valence-electron chi connectivity index (χ3n) is 3.32. The molecular weight excluding hydrogens is 280 g/mol. The Labute approximate surface area is 124 Å². The molecule has 0 aliphatic heterocycles. The summed E-state index contributed by atoms with van der Waals surface area (Å²) < 4.78 is 0. The second-order valence-electron chi connectivity index (χ2n) is 4.65. The van der Waals surface area contributed by atoms with Crippen molar-refractivity contribution in [3.63, 3.8) is 0 Å². The molecule has 4 rings (SSSR count). The van der Waals surface area contributed by atoms with E-state index in [0.717, 1.165) is 10.8 Å². The van der Waals surface area contributed by atoms with Crippen LogP contribution in [0.5, 0.6) is 5.75 Å². The SMILES string of the molecule is Oc1ccc2ccccc2c1/N=N/c1ncnc2[nH]cnc12. The number of aromatic hydroxyl groups is 1. The Hall–Kier alpha value is -3.35. The predicted octanol–water partition coefficient (Wildman–Crippen LogP) is 3.63. The summed E-state index contributed by atoms with van der Waals surface area (Å²) in [4.78, 5) is 15.1. The zero-order valence-electron chi connectivity index (χ0n) is 11.3. The van der Waals surface area contributed by atoms with Gasteiger partial charge in [-0.15, -0.1) is 10.2 Å². The fraction of sp³-hybridized carbons (Fsp3) is 0. The van der Waals surface area contributed by atoms with Crippen LogP contribution in [0.25, 0.3) is 21.9 Å². The molecule has 7 heteroatoms. The van der Waals surface area contributed by atoms with Crippen LogP contribution in [-0.2, 0) is 0 Å². The highest BCUT2D eigenvalue weighted by Gasteiger charge is 2.08. The summed E-state index contributed by atoms with van der Waals surface area (Å²) in [5.41, 5.74) is 1.53. The number of phenolic OH excluding ortho intramolecular Hbond substituents is 1. The summed E-state index contributed by atoms with van der Waals surface area (Å²) in [6.07, 6.45) is 2.91. The average molecular weight is 290 g/mol. The molecule has 0 aliphatic rings. The number of benzene rings is 2. The number of hydrogen-bond acceptors (Lipinski definition) is 6. The number of fused-ring (bicyclic) bond motifs is 2. The Kier molecular flexibility index (Phi) is 2.75. The van der Waals surface area contributed by atoms with Crippen LogP contribution < -0.4 is 0 Å². The summed E-state index contributed by atoms with van der Waals surface area (Å²) in [7, 11) is 0. The first kappa shape index (κ1) is 12.4. The Morgan fingerprint density at radius 1 is 0.955 bits per heavy atom. The van der Waals surface area contributed by atoms with Gasteiger partial charge in [-0.2, -0.15) is 0 Å². The smallest absolute Gasteiger partial charge is 0.205 e. The van der Waals surface area contributed by atoms with Gasteiger partial charge in [0.15, 0.2) is 11.2 Å². The number of aromatic amines is 1. The Balaban J connectivity index is 1.87. The van der Waals surface area contributed by atoms with E-state index in [9.17, 15) is 5.11 Å². The van der Waals surface area contributed by atoms with Gasteiger partial charge in [0.05, 0.1) is 6.33 Å². The molecule has 0 unspecified atom stereocenters. The van der Waals surface area contributed by atoms with Crippen molar-refractivity contribution in [3.8, 4) is 5.75 Å². The lowest BCUT2D eigenvalue weighted by Crippen LogP contribution is -1.81. The molecule has 0 fully saturated rings. The van der Waals surface area contributed by atoms with E-state index in [1.807, 2.05) is 30.3 Å². The third-order valence-corrected chi connectivity index (χ3v) is 3.32. The summed E-state index contributed by atoms with van der Waals surface area (Å²) in [5, 5.41) is 20.1. The minimum atomic E-state index is 0.0646. The number of aromatic nitrogens is 4. The molecule has 0 radical (unpaired) electrons. The molecule has 0 amide bonds. The summed E-state index contributed by atoms with van der Waals surface area (Å²) in [5.74, 6) is 0.411. The quantitative estimate of drug-likeness (QED) is 0.550. The number of hydrogen-bond donors (Lipinski definition) is 2. The highest BCUT2D eigenvalue weighted by Crippen LogP contribution is 2.36. The minimum absolute atomic E-state index is 0.0646. The zero-order valence-corrected chi connectivity index (χ0v) is 11.3. The van der Waals surface area contributed by atoms with E-state index >= 15 is 0 Å². The molecule has 0 bridgehead atoms. The first-order valence-corrected chi connectivity index (χ1v) is 6.59. The van der Waals surface area contributed by atoms with Gasteiger partial charge in [-0.3, -0.25) is 0 Å². The van der Waals surface area contributed by atoms with Gasteiger partial charge >= 0.3 is 0 Å². The molecule has 0 spiro atoms. The lowest BCUT2D eigenvalue weighted by Gasteiger charge is -2.03. The van der Waals surface area contributed by atoms with Crippen LogP contribution in [0.15, 0.2) is 59.3 Å². The Morgan fingerprint density at radius 3 is 2.82 bits per heavy atom. The van der Waals surface area contributed by atoms with Crippen molar-refractivity contribution in [2.75, 3.05) is 0 Å².